The number of hydrogen-bond donors (Lipinski definition) is 1. The normalized spacial score (nSPS) is 15.6. The molecule has 1 aliphatic heterocycles. The van der Waals surface area contributed by atoms with Crippen LogP contribution in [-0.4, -0.2) is 45.9 Å². The molecule has 0 aliphatic carbocycles. The van der Waals surface area contributed by atoms with Gasteiger partial charge < -0.3 is 14.8 Å². The summed E-state index contributed by atoms with van der Waals surface area (Å²) in [6.45, 7) is 0.411. The van der Waals surface area contributed by atoms with Crippen molar-refractivity contribution in [3.8, 4) is 11.5 Å². The quantitative estimate of drug-likeness (QED) is 0.685. The van der Waals surface area contributed by atoms with Gasteiger partial charge in [0.25, 0.3) is 0 Å². The van der Waals surface area contributed by atoms with Crippen molar-refractivity contribution in [3.63, 3.8) is 0 Å². The van der Waals surface area contributed by atoms with Gasteiger partial charge in [-0.05, 0) is 37.1 Å². The van der Waals surface area contributed by atoms with Gasteiger partial charge in [-0.1, -0.05) is 29.3 Å². The van der Waals surface area contributed by atoms with E-state index >= 15 is 0 Å². The molecule has 1 amide bonds. The molecule has 1 fully saturated rings. The SMILES string of the molecule is COc1ccc(OC)c(S(=O)(=O)N2CCC(C(=O)Nc3c(Cl)cccc3Cl)CC2)c1. The third kappa shape index (κ3) is 4.67. The summed E-state index contributed by atoms with van der Waals surface area (Å²) in [4.78, 5) is 12.7. The molecule has 0 atom stereocenters. The van der Waals surface area contributed by atoms with E-state index in [4.69, 9.17) is 32.7 Å². The molecule has 1 saturated heterocycles. The molecule has 1 N–H and O–H groups in total. The van der Waals surface area contributed by atoms with Crippen LogP contribution in [0.25, 0.3) is 0 Å². The number of hydrogen-bond acceptors (Lipinski definition) is 5. The van der Waals surface area contributed by atoms with E-state index in [2.05, 4.69) is 5.32 Å². The molecule has 2 aromatic rings. The fourth-order valence-electron chi connectivity index (χ4n) is 3.33. The molecule has 1 aliphatic rings. The number of anilines is 1. The highest BCUT2D eigenvalue weighted by molar-refractivity contribution is 7.89. The number of sulfonamides is 1. The van der Waals surface area contributed by atoms with E-state index in [1.54, 1.807) is 30.3 Å². The number of nitrogens with one attached hydrogen (secondary N) is 1. The Morgan fingerprint density at radius 2 is 1.70 bits per heavy atom. The van der Waals surface area contributed by atoms with Crippen LogP contribution in [0.15, 0.2) is 41.3 Å². The Morgan fingerprint density at radius 3 is 2.27 bits per heavy atom. The summed E-state index contributed by atoms with van der Waals surface area (Å²) < 4.78 is 38.0. The second-order valence-electron chi connectivity index (χ2n) is 6.78. The van der Waals surface area contributed by atoms with Crippen molar-refractivity contribution in [2.75, 3.05) is 32.6 Å². The lowest BCUT2D eigenvalue weighted by Gasteiger charge is -2.31. The van der Waals surface area contributed by atoms with Gasteiger partial charge in [0, 0.05) is 25.1 Å². The van der Waals surface area contributed by atoms with Crippen LogP contribution < -0.4 is 14.8 Å². The van der Waals surface area contributed by atoms with Gasteiger partial charge >= 0.3 is 0 Å². The van der Waals surface area contributed by atoms with Gasteiger partial charge in [-0.15, -0.1) is 0 Å². The van der Waals surface area contributed by atoms with Crippen molar-refractivity contribution in [1.82, 2.24) is 4.31 Å². The van der Waals surface area contributed by atoms with E-state index < -0.39 is 10.0 Å². The Hall–Kier alpha value is -2.00. The topological polar surface area (TPSA) is 84.9 Å². The minimum absolute atomic E-state index is 0.0371. The van der Waals surface area contributed by atoms with Gasteiger partial charge in [0.05, 0.1) is 30.0 Å². The molecule has 0 unspecified atom stereocenters. The zero-order valence-electron chi connectivity index (χ0n) is 16.5. The molecule has 30 heavy (non-hydrogen) atoms. The molecule has 0 spiro atoms. The van der Waals surface area contributed by atoms with Gasteiger partial charge in [-0.3, -0.25) is 4.79 Å². The number of halogens is 2. The maximum Gasteiger partial charge on any atom is 0.246 e. The molecular formula is C20H22Cl2N2O5S. The number of piperidine rings is 1. The standard InChI is InChI=1S/C20H22Cl2N2O5S/c1-28-14-6-7-17(29-2)18(12-14)30(26,27)24-10-8-13(9-11-24)20(25)23-19-15(21)4-3-5-16(19)22/h3-7,12-13H,8-11H2,1-2H3,(H,23,25). The number of carbonyl (C=O) groups excluding carboxylic acids is 1. The first-order valence-corrected chi connectivity index (χ1v) is 11.4. The first-order chi connectivity index (χ1) is 14.3. The van der Waals surface area contributed by atoms with E-state index in [9.17, 15) is 13.2 Å². The second-order valence-corrected chi connectivity index (χ2v) is 9.50. The Labute approximate surface area is 185 Å². The smallest absolute Gasteiger partial charge is 0.246 e. The van der Waals surface area contributed by atoms with Crippen molar-refractivity contribution in [1.29, 1.82) is 0 Å². The zero-order chi connectivity index (χ0) is 21.9. The lowest BCUT2D eigenvalue weighted by atomic mass is 9.97. The number of nitrogens with zero attached hydrogens (tertiary/aromatic N) is 1. The summed E-state index contributed by atoms with van der Waals surface area (Å²) in [6.07, 6.45) is 0.749. The van der Waals surface area contributed by atoms with E-state index in [0.29, 0.717) is 34.3 Å². The third-order valence-electron chi connectivity index (χ3n) is 5.02. The molecular weight excluding hydrogens is 451 g/mol. The number of benzene rings is 2. The summed E-state index contributed by atoms with van der Waals surface area (Å²) in [6, 6.07) is 9.59. The van der Waals surface area contributed by atoms with Crippen LogP contribution in [-0.2, 0) is 14.8 Å². The predicted molar refractivity (Wildman–Crippen MR) is 116 cm³/mol. The molecule has 0 bridgehead atoms. The molecule has 0 radical (unpaired) electrons. The fourth-order valence-corrected chi connectivity index (χ4v) is 5.46. The van der Waals surface area contributed by atoms with E-state index in [-0.39, 0.29) is 35.6 Å². The highest BCUT2D eigenvalue weighted by atomic mass is 35.5. The van der Waals surface area contributed by atoms with Crippen molar-refractivity contribution in [3.05, 3.63) is 46.4 Å². The number of para-hydroxylation sites is 1. The van der Waals surface area contributed by atoms with Crippen molar-refractivity contribution in [2.45, 2.75) is 17.7 Å². The van der Waals surface area contributed by atoms with Crippen LogP contribution in [0.2, 0.25) is 10.0 Å². The summed E-state index contributed by atoms with van der Waals surface area (Å²) in [5.74, 6) is 0.0706. The monoisotopic (exact) mass is 472 g/mol. The summed E-state index contributed by atoms with van der Waals surface area (Å²) in [7, 11) is -0.925. The zero-order valence-corrected chi connectivity index (χ0v) is 18.9. The van der Waals surface area contributed by atoms with Crippen LogP contribution >= 0.6 is 23.2 Å². The first kappa shape index (κ1) is 22.7. The number of amides is 1. The second kappa shape index (κ2) is 9.43. The van der Waals surface area contributed by atoms with Gasteiger partial charge in [-0.25, -0.2) is 8.42 Å². The minimum Gasteiger partial charge on any atom is -0.497 e. The maximum absolute atomic E-state index is 13.1. The highest BCUT2D eigenvalue weighted by Gasteiger charge is 2.34. The molecule has 162 valence electrons. The minimum atomic E-state index is -3.80. The fraction of sp³-hybridized carbons (Fsp3) is 0.350. The van der Waals surface area contributed by atoms with Gasteiger partial charge in [0.15, 0.2) is 0 Å². The summed E-state index contributed by atoms with van der Waals surface area (Å²) in [5, 5.41) is 3.46. The van der Waals surface area contributed by atoms with Crippen LogP contribution in [0.1, 0.15) is 12.8 Å². The maximum atomic E-state index is 13.1. The van der Waals surface area contributed by atoms with Crippen molar-refractivity contribution >= 4 is 44.8 Å². The van der Waals surface area contributed by atoms with Crippen LogP contribution in [0.5, 0.6) is 11.5 Å². The van der Waals surface area contributed by atoms with Gasteiger partial charge in [0.2, 0.25) is 15.9 Å². The molecule has 0 saturated carbocycles. The van der Waals surface area contributed by atoms with Crippen LogP contribution in [0.4, 0.5) is 5.69 Å². The molecule has 10 heteroatoms. The van der Waals surface area contributed by atoms with E-state index in [0.717, 1.165) is 0 Å². The number of methoxy groups -OCH3 is 2. The van der Waals surface area contributed by atoms with Crippen molar-refractivity contribution < 1.29 is 22.7 Å². The third-order valence-corrected chi connectivity index (χ3v) is 7.57. The van der Waals surface area contributed by atoms with Crippen LogP contribution in [0, 0.1) is 5.92 Å². The average Bonchev–Trinajstić information content (AvgIpc) is 2.75. The molecule has 3 rings (SSSR count). The molecule has 2 aromatic carbocycles. The van der Waals surface area contributed by atoms with Crippen molar-refractivity contribution in [2.24, 2.45) is 5.92 Å². The molecule has 0 aromatic heterocycles. The first-order valence-electron chi connectivity index (χ1n) is 9.25. The van der Waals surface area contributed by atoms with Gasteiger partial charge in [-0.2, -0.15) is 4.31 Å². The molecule has 1 heterocycles. The van der Waals surface area contributed by atoms with E-state index in [1.165, 1.54) is 24.6 Å². The van der Waals surface area contributed by atoms with Gasteiger partial charge in [0.1, 0.15) is 16.4 Å². The van der Waals surface area contributed by atoms with E-state index in [1.807, 2.05) is 0 Å². The number of carbonyl (C=O) groups is 1. The summed E-state index contributed by atoms with van der Waals surface area (Å²) in [5.41, 5.74) is 0.363. The predicted octanol–water partition coefficient (Wildman–Crippen LogP) is 4.05. The Kier molecular flexibility index (Phi) is 7.13. The number of rotatable bonds is 6. The lowest BCUT2D eigenvalue weighted by Crippen LogP contribution is -2.41. The summed E-state index contributed by atoms with van der Waals surface area (Å²) >= 11 is 12.2. The number of ether oxygens (including phenoxy) is 2. The van der Waals surface area contributed by atoms with Crippen LogP contribution in [0.3, 0.4) is 0 Å². The Balaban J connectivity index is 1.71. The molecule has 7 nitrogen and oxygen atoms in total. The largest absolute Gasteiger partial charge is 0.497 e. The lowest BCUT2D eigenvalue weighted by molar-refractivity contribution is -0.120. The average molecular weight is 473 g/mol. The Bertz CT molecular complexity index is 1020. The Morgan fingerprint density at radius 1 is 1.07 bits per heavy atom. The highest BCUT2D eigenvalue weighted by Crippen LogP contribution is 2.34.